The molecule has 0 amide bonds. The molecule has 5 heteroatoms. The highest BCUT2D eigenvalue weighted by molar-refractivity contribution is 7.98. The van der Waals surface area contributed by atoms with Gasteiger partial charge in [0, 0.05) is 12.6 Å². The summed E-state index contributed by atoms with van der Waals surface area (Å²) in [7, 11) is -0.634. The normalized spacial score (nSPS) is 26.0. The minimum atomic E-state index is -2.75. The maximum Gasteiger partial charge on any atom is 0.150 e. The molecular weight excluding hydrogens is 254 g/mol. The molecule has 1 fully saturated rings. The fraction of sp³-hybridized carbons (Fsp3) is 1.00. The van der Waals surface area contributed by atoms with Gasteiger partial charge in [0.25, 0.3) is 0 Å². The van der Waals surface area contributed by atoms with Crippen molar-refractivity contribution >= 4 is 21.6 Å². The Kier molecular flexibility index (Phi) is 6.31. The van der Waals surface area contributed by atoms with Crippen LogP contribution in [0.5, 0.6) is 0 Å². The molecule has 1 rings (SSSR count). The minimum absolute atomic E-state index is 0.343. The van der Waals surface area contributed by atoms with E-state index < -0.39 is 9.84 Å². The Hall–Kier alpha value is 0.260. The molecule has 0 saturated carbocycles. The smallest absolute Gasteiger partial charge is 0.150 e. The second-order valence-electron chi connectivity index (χ2n) is 5.19. The van der Waals surface area contributed by atoms with Crippen LogP contribution in [0.4, 0.5) is 0 Å². The zero-order valence-corrected chi connectivity index (χ0v) is 12.8. The summed E-state index contributed by atoms with van der Waals surface area (Å²) in [6.07, 6.45) is 5.22. The zero-order chi connectivity index (χ0) is 12.9. The molecule has 0 N–H and O–H groups in total. The molecule has 1 heterocycles. The van der Waals surface area contributed by atoms with Gasteiger partial charge in [0.05, 0.1) is 11.5 Å². The Bertz CT molecular complexity index is 316. The molecule has 2 atom stereocenters. The molecule has 0 aromatic rings. The molecule has 0 aromatic heterocycles. The predicted octanol–water partition coefficient (Wildman–Crippen LogP) is 1.88. The van der Waals surface area contributed by atoms with E-state index in [1.54, 1.807) is 0 Å². The van der Waals surface area contributed by atoms with Gasteiger partial charge in [-0.25, -0.2) is 8.42 Å². The lowest BCUT2D eigenvalue weighted by atomic mass is 10.0. The fourth-order valence-corrected chi connectivity index (χ4v) is 4.70. The lowest BCUT2D eigenvalue weighted by molar-refractivity contribution is 0.214. The molecular formula is C12H25NO2S2. The number of sulfone groups is 1. The van der Waals surface area contributed by atoms with Crippen LogP contribution in [-0.4, -0.2) is 56.5 Å². The highest BCUT2D eigenvalue weighted by Gasteiger charge is 2.26. The van der Waals surface area contributed by atoms with Gasteiger partial charge in [-0.05, 0) is 51.2 Å². The monoisotopic (exact) mass is 279 g/mol. The van der Waals surface area contributed by atoms with Crippen LogP contribution < -0.4 is 0 Å². The van der Waals surface area contributed by atoms with Crippen LogP contribution in [-0.2, 0) is 9.84 Å². The van der Waals surface area contributed by atoms with Gasteiger partial charge >= 0.3 is 0 Å². The van der Waals surface area contributed by atoms with Gasteiger partial charge in [0.1, 0.15) is 0 Å². The van der Waals surface area contributed by atoms with Crippen molar-refractivity contribution in [3.05, 3.63) is 0 Å². The maximum atomic E-state index is 11.6. The molecule has 0 spiro atoms. The predicted molar refractivity (Wildman–Crippen MR) is 76.5 cm³/mol. The van der Waals surface area contributed by atoms with Gasteiger partial charge in [-0.1, -0.05) is 0 Å². The van der Waals surface area contributed by atoms with Crippen molar-refractivity contribution in [1.29, 1.82) is 0 Å². The van der Waals surface area contributed by atoms with Crippen LogP contribution in [0.2, 0.25) is 0 Å². The van der Waals surface area contributed by atoms with Gasteiger partial charge in [-0.2, -0.15) is 11.8 Å². The lowest BCUT2D eigenvalue weighted by Gasteiger charge is -2.30. The highest BCUT2D eigenvalue weighted by Crippen LogP contribution is 2.20. The Labute approximate surface area is 110 Å². The van der Waals surface area contributed by atoms with Crippen molar-refractivity contribution in [3.63, 3.8) is 0 Å². The number of thioether (sulfide) groups is 1. The Morgan fingerprint density at radius 3 is 2.76 bits per heavy atom. The molecule has 1 saturated heterocycles. The summed E-state index contributed by atoms with van der Waals surface area (Å²) in [5.41, 5.74) is 0. The molecule has 1 aliphatic rings. The van der Waals surface area contributed by atoms with E-state index in [0.29, 0.717) is 23.5 Å². The van der Waals surface area contributed by atoms with E-state index in [1.165, 1.54) is 12.2 Å². The summed E-state index contributed by atoms with van der Waals surface area (Å²) in [6.45, 7) is 3.16. The van der Waals surface area contributed by atoms with Crippen LogP contribution in [0.3, 0.4) is 0 Å². The van der Waals surface area contributed by atoms with E-state index in [0.717, 1.165) is 19.4 Å². The third-order valence-corrected chi connectivity index (χ3v) is 6.13. The molecule has 17 heavy (non-hydrogen) atoms. The molecule has 0 aromatic carbocycles. The molecule has 102 valence electrons. The number of hydrogen-bond donors (Lipinski definition) is 0. The number of nitrogens with zero attached hydrogens (tertiary/aromatic N) is 1. The van der Waals surface area contributed by atoms with Crippen molar-refractivity contribution < 1.29 is 8.42 Å². The van der Waals surface area contributed by atoms with Gasteiger partial charge in [-0.15, -0.1) is 0 Å². The molecule has 0 bridgehead atoms. The first-order valence-corrected chi connectivity index (χ1v) is 9.55. The molecule has 0 radical (unpaired) electrons. The van der Waals surface area contributed by atoms with Gasteiger partial charge in [0.15, 0.2) is 9.84 Å². The second-order valence-corrected chi connectivity index (χ2v) is 8.41. The van der Waals surface area contributed by atoms with Crippen molar-refractivity contribution in [1.82, 2.24) is 4.90 Å². The topological polar surface area (TPSA) is 37.4 Å². The van der Waals surface area contributed by atoms with E-state index in [2.05, 4.69) is 25.1 Å². The van der Waals surface area contributed by atoms with Crippen molar-refractivity contribution in [2.75, 3.05) is 37.1 Å². The summed E-state index contributed by atoms with van der Waals surface area (Å²) < 4.78 is 23.1. The average molecular weight is 279 g/mol. The first-order valence-electron chi connectivity index (χ1n) is 6.34. The summed E-state index contributed by atoms with van der Waals surface area (Å²) in [6, 6.07) is 0.548. The average Bonchev–Trinajstić information content (AvgIpc) is 2.24. The highest BCUT2D eigenvalue weighted by atomic mass is 32.2. The van der Waals surface area contributed by atoms with Crippen LogP contribution in [0, 0.1) is 5.92 Å². The van der Waals surface area contributed by atoms with Crippen molar-refractivity contribution in [3.8, 4) is 0 Å². The van der Waals surface area contributed by atoms with Crippen LogP contribution in [0.15, 0.2) is 0 Å². The maximum absolute atomic E-state index is 11.6. The first-order chi connectivity index (χ1) is 7.94. The Morgan fingerprint density at radius 1 is 1.47 bits per heavy atom. The molecule has 3 nitrogen and oxygen atoms in total. The van der Waals surface area contributed by atoms with Crippen molar-refractivity contribution in [2.45, 2.75) is 32.2 Å². The Morgan fingerprint density at radius 2 is 2.18 bits per heavy atom. The molecule has 0 aliphatic carbocycles. The van der Waals surface area contributed by atoms with E-state index in [9.17, 15) is 8.42 Å². The third kappa shape index (κ3) is 5.62. The van der Waals surface area contributed by atoms with E-state index in [4.69, 9.17) is 0 Å². The van der Waals surface area contributed by atoms with Gasteiger partial charge in [-0.3, -0.25) is 0 Å². The summed E-state index contributed by atoms with van der Waals surface area (Å²) in [5.74, 6) is 2.31. The van der Waals surface area contributed by atoms with E-state index in [1.807, 2.05) is 11.8 Å². The summed E-state index contributed by atoms with van der Waals surface area (Å²) in [5, 5.41) is 0. The summed E-state index contributed by atoms with van der Waals surface area (Å²) in [4.78, 5) is 2.32. The van der Waals surface area contributed by atoms with Gasteiger partial charge < -0.3 is 4.90 Å². The number of rotatable bonds is 6. The minimum Gasteiger partial charge on any atom is -0.303 e. The third-order valence-electron chi connectivity index (χ3n) is 3.60. The fourth-order valence-electron chi connectivity index (χ4n) is 2.36. The first kappa shape index (κ1) is 15.3. The standard InChI is InChI=1S/C12H25NO2S2/c1-11(6-7-16-3)13(2)9-12-5-4-8-17(14,15)10-12/h11-12H,4-10H2,1-3H3/t11-,12-/m0/s1. The summed E-state index contributed by atoms with van der Waals surface area (Å²) >= 11 is 1.87. The quantitative estimate of drug-likeness (QED) is 0.744. The SMILES string of the molecule is CSCC[C@H](C)N(C)C[C@@H]1CCCS(=O)(=O)C1. The number of hydrogen-bond acceptors (Lipinski definition) is 4. The molecule has 0 unspecified atom stereocenters. The largest absolute Gasteiger partial charge is 0.303 e. The van der Waals surface area contributed by atoms with Crippen LogP contribution >= 0.6 is 11.8 Å². The van der Waals surface area contributed by atoms with Crippen LogP contribution in [0.25, 0.3) is 0 Å². The molecule has 1 aliphatic heterocycles. The zero-order valence-electron chi connectivity index (χ0n) is 11.2. The van der Waals surface area contributed by atoms with E-state index >= 15 is 0 Å². The Balaban J connectivity index is 2.37. The van der Waals surface area contributed by atoms with E-state index in [-0.39, 0.29) is 0 Å². The lowest BCUT2D eigenvalue weighted by Crippen LogP contribution is -2.38. The van der Waals surface area contributed by atoms with Gasteiger partial charge in [0.2, 0.25) is 0 Å². The second kappa shape index (κ2) is 7.00. The van der Waals surface area contributed by atoms with Crippen LogP contribution in [0.1, 0.15) is 26.2 Å². The van der Waals surface area contributed by atoms with Crippen molar-refractivity contribution in [2.24, 2.45) is 5.92 Å².